The molecule has 59 heavy (non-hydrogen) atoms. The van der Waals surface area contributed by atoms with E-state index in [-0.39, 0.29) is 35.7 Å². The van der Waals surface area contributed by atoms with Crippen LogP contribution in [0.15, 0.2) is 85.2 Å². The molecule has 3 heterocycles. The first-order valence-corrected chi connectivity index (χ1v) is 20.2. The zero-order valence-electron chi connectivity index (χ0n) is 34.2. The molecule has 1 aliphatic carbocycles. The minimum Gasteiger partial charge on any atom is -0.453 e. The minimum atomic E-state index is -0.883. The summed E-state index contributed by atoms with van der Waals surface area (Å²) in [5.41, 5.74) is 8.99. The Morgan fingerprint density at radius 3 is 2.05 bits per heavy atom. The Bertz CT molecular complexity index is 2350. The lowest BCUT2D eigenvalue weighted by molar-refractivity contribution is -0.142. The van der Waals surface area contributed by atoms with E-state index in [2.05, 4.69) is 92.9 Å². The van der Waals surface area contributed by atoms with Crippen molar-refractivity contribution in [1.29, 1.82) is 0 Å². The smallest absolute Gasteiger partial charge is 0.425 e. The number of amides is 4. The van der Waals surface area contributed by atoms with Gasteiger partial charge in [-0.25, -0.2) is 30.0 Å². The van der Waals surface area contributed by atoms with E-state index in [4.69, 9.17) is 14.5 Å². The van der Waals surface area contributed by atoms with Crippen LogP contribution in [0, 0.1) is 5.92 Å². The highest BCUT2D eigenvalue weighted by Gasteiger charge is 2.39. The van der Waals surface area contributed by atoms with Crippen molar-refractivity contribution >= 4 is 34.8 Å². The fourth-order valence-electron chi connectivity index (χ4n) is 8.33. The maximum Gasteiger partial charge on any atom is 0.425 e. The molecule has 4 N–H and O–H groups in total. The van der Waals surface area contributed by atoms with Gasteiger partial charge >= 0.3 is 12.2 Å². The van der Waals surface area contributed by atoms with Gasteiger partial charge in [-0.1, -0.05) is 68.0 Å². The molecule has 5 aromatic rings. The van der Waals surface area contributed by atoms with E-state index in [0.29, 0.717) is 17.9 Å². The summed E-state index contributed by atoms with van der Waals surface area (Å²) in [4.78, 5) is 69.3. The quantitative estimate of drug-likeness (QED) is 0.0811. The summed E-state index contributed by atoms with van der Waals surface area (Å²) < 4.78 is 9.49. The van der Waals surface area contributed by atoms with Gasteiger partial charge in [-0.2, -0.15) is 0 Å². The lowest BCUT2D eigenvalue weighted by Gasteiger charge is -2.35. The molecule has 4 atom stereocenters. The van der Waals surface area contributed by atoms with Crippen LogP contribution in [-0.4, -0.2) is 86.7 Å². The van der Waals surface area contributed by atoms with Gasteiger partial charge in [0, 0.05) is 30.0 Å². The molecule has 308 valence electrons. The number of nitrogens with one attached hydrogen (secondary N) is 4. The summed E-state index contributed by atoms with van der Waals surface area (Å²) in [6.07, 6.45) is 7.34. The summed E-state index contributed by atoms with van der Waals surface area (Å²) in [5, 5.41) is 6.16. The van der Waals surface area contributed by atoms with E-state index in [1.807, 2.05) is 20.0 Å². The highest BCUT2D eigenvalue weighted by Crippen LogP contribution is 2.39. The van der Waals surface area contributed by atoms with E-state index < -0.39 is 18.2 Å². The molecule has 14 heteroatoms. The molecule has 4 amide bonds. The number of fused-ring (bicyclic) bond motifs is 1. The van der Waals surface area contributed by atoms with Crippen molar-refractivity contribution in [3.8, 4) is 33.6 Å². The van der Waals surface area contributed by atoms with Crippen molar-refractivity contribution < 1.29 is 28.7 Å². The first-order valence-electron chi connectivity index (χ1n) is 20.2. The number of carbonyl (C=O) groups excluding carboxylic acids is 4. The van der Waals surface area contributed by atoms with E-state index in [1.165, 1.54) is 19.2 Å². The first kappa shape index (κ1) is 40.7. The van der Waals surface area contributed by atoms with Crippen molar-refractivity contribution in [3.05, 3.63) is 96.9 Å². The Kier molecular flexibility index (Phi) is 12.1. The number of likely N-dealkylation sites (tertiary alicyclic amines) is 1. The lowest BCUT2D eigenvalue weighted by atomic mass is 9.78. The number of methoxy groups -OCH3 is 2. The number of nitrogens with zero attached hydrogens (tertiary/aromatic N) is 4. The highest BCUT2D eigenvalue weighted by molar-refractivity contribution is 5.91. The van der Waals surface area contributed by atoms with Crippen LogP contribution in [0.4, 0.5) is 9.59 Å². The number of ether oxygens (including phenoxy) is 2. The highest BCUT2D eigenvalue weighted by atomic mass is 16.5. The molecule has 2 unspecified atom stereocenters. The maximum atomic E-state index is 13.7. The molecule has 2 fully saturated rings. The predicted molar refractivity (Wildman–Crippen MR) is 225 cm³/mol. The molecule has 0 bridgehead atoms. The summed E-state index contributed by atoms with van der Waals surface area (Å²) in [6.45, 7) is 9.90. The molecule has 0 radical (unpaired) electrons. The van der Waals surface area contributed by atoms with E-state index >= 15 is 0 Å². The fraction of sp³-hybridized carbons (Fsp3) is 0.378. The molecular formula is C45H52N8O6. The number of rotatable bonds is 10. The Hall–Kier alpha value is -6.44. The van der Waals surface area contributed by atoms with Gasteiger partial charge in [0.2, 0.25) is 11.8 Å². The van der Waals surface area contributed by atoms with Gasteiger partial charge in [0.1, 0.15) is 17.7 Å². The van der Waals surface area contributed by atoms with Gasteiger partial charge in [0.05, 0.1) is 44.0 Å². The second-order valence-corrected chi connectivity index (χ2v) is 15.7. The van der Waals surface area contributed by atoms with Crippen molar-refractivity contribution in [1.82, 2.24) is 40.6 Å². The van der Waals surface area contributed by atoms with Gasteiger partial charge < -0.3 is 29.7 Å². The lowest BCUT2D eigenvalue weighted by Crippen LogP contribution is -2.53. The second kappa shape index (κ2) is 17.6. The maximum absolute atomic E-state index is 13.7. The van der Waals surface area contributed by atoms with Crippen LogP contribution in [0.1, 0.15) is 82.9 Å². The van der Waals surface area contributed by atoms with Crippen LogP contribution in [0.5, 0.6) is 0 Å². The molecule has 2 aromatic heterocycles. The number of hydrazine groups is 1. The minimum absolute atomic E-state index is 0.0928. The largest absolute Gasteiger partial charge is 0.453 e. The van der Waals surface area contributed by atoms with Gasteiger partial charge in [-0.05, 0) is 91.6 Å². The average molecular weight is 801 g/mol. The SMILES string of the molecule is C=C(C)[C@H](NC(=O)OC)C(=O)N1CCC[C@H]1c1ncc(-c2ccc3cc(-c4ccc(-c5cnc(C6CCCCC6C(=O)N(NC(=O)OC)C(C)C)[nH]5)cc4)ccc3c2)[nH]1. The number of imidazole rings is 2. The van der Waals surface area contributed by atoms with Crippen LogP contribution in [-0.2, 0) is 19.1 Å². The van der Waals surface area contributed by atoms with Crippen molar-refractivity contribution in [2.75, 3.05) is 20.8 Å². The molecular weight excluding hydrogens is 749 g/mol. The number of benzene rings is 3. The normalized spacial score (nSPS) is 18.3. The van der Waals surface area contributed by atoms with Crippen LogP contribution in [0.2, 0.25) is 0 Å². The van der Waals surface area contributed by atoms with E-state index in [0.717, 1.165) is 88.8 Å². The van der Waals surface area contributed by atoms with Crippen LogP contribution in [0.3, 0.4) is 0 Å². The van der Waals surface area contributed by atoms with Gasteiger partial charge in [0.15, 0.2) is 0 Å². The second-order valence-electron chi connectivity index (χ2n) is 15.7. The van der Waals surface area contributed by atoms with Crippen LogP contribution < -0.4 is 10.7 Å². The average Bonchev–Trinajstić information content (AvgIpc) is 4.06. The zero-order valence-corrected chi connectivity index (χ0v) is 34.2. The fourth-order valence-corrected chi connectivity index (χ4v) is 8.33. The molecule has 0 spiro atoms. The third kappa shape index (κ3) is 8.71. The Morgan fingerprint density at radius 2 is 1.37 bits per heavy atom. The van der Waals surface area contributed by atoms with Crippen LogP contribution >= 0.6 is 0 Å². The summed E-state index contributed by atoms with van der Waals surface area (Å²) in [5.74, 6) is 0.702. The predicted octanol–water partition coefficient (Wildman–Crippen LogP) is 8.03. The van der Waals surface area contributed by atoms with Gasteiger partial charge in [-0.3, -0.25) is 9.59 Å². The molecule has 14 nitrogen and oxygen atoms in total. The topological polar surface area (TPSA) is 175 Å². The molecule has 3 aromatic carbocycles. The number of H-pyrrole nitrogens is 2. The van der Waals surface area contributed by atoms with Gasteiger partial charge in [0.25, 0.3) is 0 Å². The number of alkyl carbamates (subject to hydrolysis) is 1. The Balaban J connectivity index is 1.03. The molecule has 7 rings (SSSR count). The van der Waals surface area contributed by atoms with Crippen molar-refractivity contribution in [2.24, 2.45) is 5.92 Å². The summed E-state index contributed by atoms with van der Waals surface area (Å²) in [6, 6.07) is 19.7. The van der Waals surface area contributed by atoms with E-state index in [1.54, 1.807) is 18.0 Å². The number of hydrogen-bond acceptors (Lipinski definition) is 8. The van der Waals surface area contributed by atoms with Gasteiger partial charge in [-0.15, -0.1) is 0 Å². The summed E-state index contributed by atoms with van der Waals surface area (Å²) >= 11 is 0. The zero-order chi connectivity index (χ0) is 41.8. The molecule has 1 saturated heterocycles. The number of hydrogen-bond donors (Lipinski definition) is 4. The molecule has 1 aliphatic heterocycles. The Labute approximate surface area is 343 Å². The standard InChI is InChI=1S/C45H52N8O6/c1-26(2)39(50-44(56)58-5)43(55)52-21-9-12-38(52)41-47-25-37(49-41)33-20-19-31-22-30(17-18-32(31)23-33)28-13-15-29(16-14-28)36-24-46-40(48-36)34-10-7-8-11-35(34)42(54)53(27(3)4)51-45(57)59-6/h13-20,22-25,27,34-35,38-39H,1,7-12,21H2,2-6H3,(H,46,48)(H,47,49)(H,50,56)(H,51,57)/t34?,35?,38-,39-/m0/s1. The third-order valence-corrected chi connectivity index (χ3v) is 11.5. The molecule has 2 aliphatic rings. The third-order valence-electron chi connectivity index (χ3n) is 11.5. The first-order chi connectivity index (χ1) is 28.4. The summed E-state index contributed by atoms with van der Waals surface area (Å²) in [7, 11) is 2.55. The number of aromatic nitrogens is 4. The van der Waals surface area contributed by atoms with Crippen LogP contribution in [0.25, 0.3) is 44.4 Å². The Morgan fingerprint density at radius 1 is 0.780 bits per heavy atom. The monoisotopic (exact) mass is 800 g/mol. The van der Waals surface area contributed by atoms with Crippen molar-refractivity contribution in [2.45, 2.75) is 83.3 Å². The number of carbonyl (C=O) groups is 4. The van der Waals surface area contributed by atoms with Crippen molar-refractivity contribution in [3.63, 3.8) is 0 Å². The molecule has 1 saturated carbocycles. The van der Waals surface area contributed by atoms with E-state index in [9.17, 15) is 19.2 Å². The number of aromatic amines is 2.